The molecule has 0 unspecified atom stereocenters. The Hall–Kier alpha value is -3.68. The number of benzene rings is 2. The maximum atomic E-state index is 13.9. The molecule has 3 amide bonds. The van der Waals surface area contributed by atoms with Gasteiger partial charge in [-0.25, -0.2) is 14.7 Å². The van der Waals surface area contributed by atoms with Crippen LogP contribution in [-0.4, -0.2) is 38.8 Å². The second-order valence-electron chi connectivity index (χ2n) is 9.23. The Labute approximate surface area is 205 Å². The van der Waals surface area contributed by atoms with Crippen molar-refractivity contribution in [3.05, 3.63) is 59.9 Å². The van der Waals surface area contributed by atoms with Gasteiger partial charge in [-0.2, -0.15) is 0 Å². The molecule has 2 aromatic carbocycles. The minimum Gasteiger partial charge on any atom is -0.424 e. The summed E-state index contributed by atoms with van der Waals surface area (Å²) in [6, 6.07) is 14.4. The first-order chi connectivity index (χ1) is 16.8. The van der Waals surface area contributed by atoms with Crippen LogP contribution in [0.5, 0.6) is 0 Å². The van der Waals surface area contributed by atoms with Gasteiger partial charge in [0, 0.05) is 25.1 Å². The highest BCUT2D eigenvalue weighted by Crippen LogP contribution is 2.39. The third kappa shape index (κ3) is 5.06. The van der Waals surface area contributed by atoms with Crippen molar-refractivity contribution in [2.75, 3.05) is 5.32 Å². The number of imide groups is 1. The van der Waals surface area contributed by atoms with E-state index in [9.17, 15) is 14.4 Å². The standard InChI is InChI=1S/C27H32N4O4/c1-4-5-6-8-11-18(2)31-25(33)27(35-26(31)34,17-20-12-9-7-10-13-20)24-29-22-15-14-21(28-19(3)32)16-23(22)30-24/h7,9-10,12-16,18H,4-6,8,11,17H2,1-3H3,(H,28,32)(H,29,30)/t18-,27-/m1/s1. The van der Waals surface area contributed by atoms with Crippen LogP contribution in [0.25, 0.3) is 11.0 Å². The maximum Gasteiger partial charge on any atom is 0.418 e. The van der Waals surface area contributed by atoms with Crippen molar-refractivity contribution in [1.29, 1.82) is 0 Å². The number of carbonyl (C=O) groups is 3. The average molecular weight is 477 g/mol. The number of hydrogen-bond donors (Lipinski definition) is 2. The number of aromatic nitrogens is 2. The van der Waals surface area contributed by atoms with Crippen molar-refractivity contribution in [2.45, 2.75) is 70.9 Å². The lowest BCUT2D eigenvalue weighted by Crippen LogP contribution is -2.44. The highest BCUT2D eigenvalue weighted by molar-refractivity contribution is 6.04. The number of rotatable bonds is 10. The molecule has 184 valence electrons. The summed E-state index contributed by atoms with van der Waals surface area (Å²) < 4.78 is 5.91. The molecule has 1 fully saturated rings. The lowest BCUT2D eigenvalue weighted by atomic mass is 9.92. The Bertz CT molecular complexity index is 1220. The summed E-state index contributed by atoms with van der Waals surface area (Å²) in [7, 11) is 0. The lowest BCUT2D eigenvalue weighted by Gasteiger charge is -2.25. The van der Waals surface area contributed by atoms with Crippen molar-refractivity contribution >= 4 is 34.6 Å². The SMILES string of the molecule is CCCCCC[C@@H](C)N1C(=O)O[C@](Cc2ccccc2)(c2nc3ccc(NC(C)=O)cc3[nH]2)C1=O. The summed E-state index contributed by atoms with van der Waals surface area (Å²) in [5.74, 6) is -0.320. The van der Waals surface area contributed by atoms with Crippen molar-refractivity contribution in [2.24, 2.45) is 0 Å². The highest BCUT2D eigenvalue weighted by atomic mass is 16.6. The Morgan fingerprint density at radius 1 is 1.14 bits per heavy atom. The van der Waals surface area contributed by atoms with E-state index in [0.717, 1.165) is 37.7 Å². The van der Waals surface area contributed by atoms with Crippen LogP contribution in [-0.2, 0) is 26.3 Å². The van der Waals surface area contributed by atoms with E-state index in [4.69, 9.17) is 4.74 Å². The molecule has 1 aromatic heterocycles. The van der Waals surface area contributed by atoms with Gasteiger partial charge in [0.05, 0.1) is 11.0 Å². The molecule has 1 aliphatic rings. The normalized spacial score (nSPS) is 18.7. The predicted molar refractivity (Wildman–Crippen MR) is 134 cm³/mol. The summed E-state index contributed by atoms with van der Waals surface area (Å²) in [5, 5.41) is 2.74. The minimum atomic E-state index is -1.59. The predicted octanol–water partition coefficient (Wildman–Crippen LogP) is 5.30. The number of hydrogen-bond acceptors (Lipinski definition) is 5. The summed E-state index contributed by atoms with van der Waals surface area (Å²) >= 11 is 0. The number of nitrogens with zero attached hydrogens (tertiary/aromatic N) is 2. The van der Waals surface area contributed by atoms with E-state index in [1.807, 2.05) is 37.3 Å². The number of cyclic esters (lactones) is 1. The molecule has 2 atom stereocenters. The van der Waals surface area contributed by atoms with Crippen molar-refractivity contribution < 1.29 is 19.1 Å². The Kier molecular flexibility index (Phi) is 7.19. The van der Waals surface area contributed by atoms with Crippen LogP contribution in [0.3, 0.4) is 0 Å². The summed E-state index contributed by atoms with van der Waals surface area (Å²) in [6.45, 7) is 5.48. The molecule has 1 saturated heterocycles. The quantitative estimate of drug-likeness (QED) is 0.387. The molecular weight excluding hydrogens is 444 g/mol. The molecule has 35 heavy (non-hydrogen) atoms. The number of imidazole rings is 1. The Morgan fingerprint density at radius 3 is 2.63 bits per heavy atom. The van der Waals surface area contributed by atoms with Crippen LogP contribution in [0.4, 0.5) is 10.5 Å². The van der Waals surface area contributed by atoms with Crippen LogP contribution >= 0.6 is 0 Å². The molecule has 4 rings (SSSR count). The first kappa shape index (κ1) is 24.4. The molecule has 8 nitrogen and oxygen atoms in total. The van der Waals surface area contributed by atoms with E-state index >= 15 is 0 Å². The molecule has 2 heterocycles. The zero-order valence-electron chi connectivity index (χ0n) is 20.5. The second-order valence-corrected chi connectivity index (χ2v) is 9.23. The fourth-order valence-corrected chi connectivity index (χ4v) is 4.61. The topological polar surface area (TPSA) is 104 Å². The Morgan fingerprint density at radius 2 is 1.91 bits per heavy atom. The van der Waals surface area contributed by atoms with Crippen LogP contribution in [0.15, 0.2) is 48.5 Å². The average Bonchev–Trinajstić information content (AvgIpc) is 3.35. The first-order valence-corrected chi connectivity index (χ1v) is 12.2. The van der Waals surface area contributed by atoms with Gasteiger partial charge in [0.2, 0.25) is 5.91 Å². The number of aromatic amines is 1. The van der Waals surface area contributed by atoms with Crippen LogP contribution in [0.1, 0.15) is 64.3 Å². The largest absolute Gasteiger partial charge is 0.424 e. The van der Waals surface area contributed by atoms with E-state index in [2.05, 4.69) is 22.2 Å². The third-order valence-corrected chi connectivity index (χ3v) is 6.42. The molecule has 0 spiro atoms. The number of ether oxygens (including phenoxy) is 1. The fourth-order valence-electron chi connectivity index (χ4n) is 4.61. The molecular formula is C27H32N4O4. The molecule has 0 aliphatic carbocycles. The molecule has 3 aromatic rings. The van der Waals surface area contributed by atoms with Gasteiger partial charge >= 0.3 is 6.09 Å². The van der Waals surface area contributed by atoms with Gasteiger partial charge in [-0.15, -0.1) is 0 Å². The number of carbonyl (C=O) groups excluding carboxylic acids is 3. The van der Waals surface area contributed by atoms with Gasteiger partial charge in [-0.05, 0) is 37.1 Å². The Balaban J connectivity index is 1.71. The number of anilines is 1. The monoisotopic (exact) mass is 476 g/mol. The second kappa shape index (κ2) is 10.3. The van der Waals surface area contributed by atoms with Crippen LogP contribution in [0.2, 0.25) is 0 Å². The third-order valence-electron chi connectivity index (χ3n) is 6.42. The number of amides is 3. The number of fused-ring (bicyclic) bond motifs is 1. The molecule has 8 heteroatoms. The maximum absolute atomic E-state index is 13.9. The van der Waals surface area contributed by atoms with Crippen LogP contribution < -0.4 is 5.32 Å². The van der Waals surface area contributed by atoms with Gasteiger partial charge in [0.15, 0.2) is 5.82 Å². The minimum absolute atomic E-state index is 0.163. The van der Waals surface area contributed by atoms with Crippen molar-refractivity contribution in [3.8, 4) is 0 Å². The number of unbranched alkanes of at least 4 members (excludes halogenated alkanes) is 3. The molecule has 0 saturated carbocycles. The van der Waals surface area contributed by atoms with E-state index in [-0.39, 0.29) is 24.2 Å². The first-order valence-electron chi connectivity index (χ1n) is 12.2. The molecule has 0 bridgehead atoms. The summed E-state index contributed by atoms with van der Waals surface area (Å²) in [4.78, 5) is 47.6. The van der Waals surface area contributed by atoms with E-state index in [0.29, 0.717) is 16.7 Å². The van der Waals surface area contributed by atoms with Crippen molar-refractivity contribution in [3.63, 3.8) is 0 Å². The molecule has 0 radical (unpaired) electrons. The lowest BCUT2D eigenvalue weighted by molar-refractivity contribution is -0.139. The van der Waals surface area contributed by atoms with Crippen LogP contribution in [0, 0.1) is 0 Å². The van der Waals surface area contributed by atoms with Gasteiger partial charge in [-0.3, -0.25) is 9.59 Å². The zero-order chi connectivity index (χ0) is 25.0. The van der Waals surface area contributed by atoms with Gasteiger partial charge in [0.25, 0.3) is 11.5 Å². The van der Waals surface area contributed by atoms with Gasteiger partial charge in [0.1, 0.15) is 0 Å². The molecule has 1 aliphatic heterocycles. The zero-order valence-corrected chi connectivity index (χ0v) is 20.5. The summed E-state index contributed by atoms with van der Waals surface area (Å²) in [5.41, 5.74) is 1.11. The summed E-state index contributed by atoms with van der Waals surface area (Å²) in [6.07, 6.45) is 4.49. The van der Waals surface area contributed by atoms with E-state index in [1.54, 1.807) is 18.2 Å². The number of nitrogens with one attached hydrogen (secondary N) is 2. The van der Waals surface area contributed by atoms with Gasteiger partial charge in [-0.1, -0.05) is 62.9 Å². The van der Waals surface area contributed by atoms with E-state index in [1.165, 1.54) is 11.8 Å². The smallest absolute Gasteiger partial charge is 0.418 e. The fraction of sp³-hybridized carbons (Fsp3) is 0.407. The molecule has 2 N–H and O–H groups in total. The van der Waals surface area contributed by atoms with Crippen molar-refractivity contribution in [1.82, 2.24) is 14.9 Å². The van der Waals surface area contributed by atoms with E-state index < -0.39 is 17.6 Å². The van der Waals surface area contributed by atoms with Gasteiger partial charge < -0.3 is 15.0 Å². The number of H-pyrrole nitrogens is 1. The highest BCUT2D eigenvalue weighted by Gasteiger charge is 2.58.